The summed E-state index contributed by atoms with van der Waals surface area (Å²) in [5, 5.41) is 6.51. The number of piperazine rings is 1. The minimum Gasteiger partial charge on any atom is -0.463 e. The number of nitrogens with one attached hydrogen (secondary N) is 1. The molecule has 3 saturated heterocycles. The number of fused-ring (bicyclic) bond motifs is 4. The first-order valence-electron chi connectivity index (χ1n) is 15.5. The number of rotatable bonds is 7. The van der Waals surface area contributed by atoms with Gasteiger partial charge < -0.3 is 19.7 Å². The molecule has 4 fully saturated rings. The van der Waals surface area contributed by atoms with E-state index in [9.17, 15) is 0 Å². The Morgan fingerprint density at radius 3 is 2.82 bits per heavy atom. The summed E-state index contributed by atoms with van der Waals surface area (Å²) >= 11 is 1.42. The van der Waals surface area contributed by atoms with Crippen molar-refractivity contribution < 1.29 is 18.3 Å². The van der Waals surface area contributed by atoms with E-state index in [0.717, 1.165) is 63.2 Å². The number of benzene rings is 2. The summed E-state index contributed by atoms with van der Waals surface area (Å²) in [5.41, 5.74) is 0.923. The van der Waals surface area contributed by atoms with E-state index in [1.807, 2.05) is 12.1 Å². The number of hydrogen-bond donors (Lipinski definition) is 1. The smallest absolute Gasteiger partial charge is 0.319 e. The fourth-order valence-electron chi connectivity index (χ4n) is 7.39. The van der Waals surface area contributed by atoms with Crippen molar-refractivity contribution in [3.8, 4) is 29.5 Å². The normalized spacial score (nSPS) is 24.6. The fourth-order valence-corrected chi connectivity index (χ4v) is 8.36. The van der Waals surface area contributed by atoms with Gasteiger partial charge in [-0.15, -0.1) is 17.8 Å². The van der Waals surface area contributed by atoms with Gasteiger partial charge in [0.05, 0.1) is 25.4 Å². The van der Waals surface area contributed by atoms with Crippen LogP contribution in [0.1, 0.15) is 38.2 Å². The average Bonchev–Trinajstić information content (AvgIpc) is 3.56. The third kappa shape index (κ3) is 4.91. The van der Waals surface area contributed by atoms with E-state index in [1.165, 1.54) is 17.4 Å². The van der Waals surface area contributed by atoms with Crippen molar-refractivity contribution in [1.29, 1.82) is 0 Å². The highest BCUT2D eigenvalue weighted by atomic mass is 32.1. The zero-order valence-electron chi connectivity index (χ0n) is 24.8. The standard InChI is InChI=1S/C34H35F2N5O2S/c1-3-21-5-4-6-26-27(21)24(17-44-26)28-25(35)15-23-30(29(28)36)37-32(38-31(23)41-16-22-7-8-33(2,18-41)39-22)43-20-34(9-10-34)19-40-11-13-42-14-12-40/h1,4-6,15,17,22,39H,7-14,16,18-20H2,2H3/t22?,33-/m0/s1. The number of thiophene rings is 1. The van der Waals surface area contributed by atoms with Crippen LogP contribution in [0.15, 0.2) is 29.6 Å². The summed E-state index contributed by atoms with van der Waals surface area (Å²) in [6.07, 6.45) is 10.0. The molecule has 2 aromatic carbocycles. The molecule has 4 aliphatic rings. The van der Waals surface area contributed by atoms with Gasteiger partial charge in [-0.05, 0) is 50.8 Å². The van der Waals surface area contributed by atoms with Crippen molar-refractivity contribution >= 4 is 38.1 Å². The van der Waals surface area contributed by atoms with Crippen LogP contribution in [0.3, 0.4) is 0 Å². The third-order valence-electron chi connectivity index (χ3n) is 9.87. The fraction of sp³-hybridized carbons (Fsp3) is 0.471. The van der Waals surface area contributed by atoms with Crippen LogP contribution in [-0.4, -0.2) is 79.0 Å². The van der Waals surface area contributed by atoms with E-state index >= 15 is 8.78 Å². The second-order valence-corrected chi connectivity index (χ2v) is 14.2. The molecule has 8 rings (SSSR count). The molecule has 2 atom stereocenters. The van der Waals surface area contributed by atoms with E-state index < -0.39 is 11.6 Å². The molecule has 0 amide bonds. The Kier molecular flexibility index (Phi) is 6.79. The Labute approximate surface area is 259 Å². The Morgan fingerprint density at radius 1 is 1.20 bits per heavy atom. The first-order chi connectivity index (χ1) is 21.3. The van der Waals surface area contributed by atoms with Gasteiger partial charge >= 0.3 is 6.01 Å². The van der Waals surface area contributed by atoms with Gasteiger partial charge in [0.1, 0.15) is 17.2 Å². The van der Waals surface area contributed by atoms with Gasteiger partial charge in [-0.1, -0.05) is 12.0 Å². The Bertz CT molecular complexity index is 1810. The molecule has 0 spiro atoms. The van der Waals surface area contributed by atoms with Gasteiger partial charge in [0, 0.05) is 81.7 Å². The third-order valence-corrected chi connectivity index (χ3v) is 10.8. The van der Waals surface area contributed by atoms with Crippen molar-refractivity contribution in [3.63, 3.8) is 0 Å². The number of halogens is 2. The van der Waals surface area contributed by atoms with E-state index in [4.69, 9.17) is 20.9 Å². The van der Waals surface area contributed by atoms with Crippen LogP contribution in [0.5, 0.6) is 6.01 Å². The second-order valence-electron chi connectivity index (χ2n) is 13.2. The summed E-state index contributed by atoms with van der Waals surface area (Å²) < 4.78 is 45.6. The number of anilines is 1. The van der Waals surface area contributed by atoms with Crippen LogP contribution in [-0.2, 0) is 4.74 Å². The Morgan fingerprint density at radius 2 is 2.05 bits per heavy atom. The first-order valence-corrected chi connectivity index (χ1v) is 16.3. The molecule has 1 aliphatic carbocycles. The molecule has 228 valence electrons. The number of aromatic nitrogens is 2. The van der Waals surface area contributed by atoms with Gasteiger partial charge in [-0.3, -0.25) is 4.90 Å². The van der Waals surface area contributed by atoms with Crippen molar-refractivity contribution in [2.24, 2.45) is 5.41 Å². The Balaban J connectivity index is 1.22. The second kappa shape index (κ2) is 10.6. The molecule has 1 unspecified atom stereocenters. The molecule has 3 aliphatic heterocycles. The largest absolute Gasteiger partial charge is 0.463 e. The highest BCUT2D eigenvalue weighted by Crippen LogP contribution is 2.47. The number of ether oxygens (including phenoxy) is 2. The maximum atomic E-state index is 16.7. The molecule has 5 heterocycles. The SMILES string of the molecule is C#Cc1cccc2scc(-c3c(F)cc4c(N5CC6CC[C@@](C)(C5)N6)nc(OCC5(CN6CCOCC6)CC5)nc4c3F)c12. The quantitative estimate of drug-likeness (QED) is 0.272. The lowest BCUT2D eigenvalue weighted by molar-refractivity contribution is 0.0231. The van der Waals surface area contributed by atoms with Gasteiger partial charge in [0.2, 0.25) is 0 Å². The summed E-state index contributed by atoms with van der Waals surface area (Å²) in [4.78, 5) is 14.1. The van der Waals surface area contributed by atoms with E-state index in [-0.39, 0.29) is 28.0 Å². The van der Waals surface area contributed by atoms with Gasteiger partial charge in [-0.25, -0.2) is 8.78 Å². The van der Waals surface area contributed by atoms with Crippen molar-refractivity contribution in [1.82, 2.24) is 20.2 Å². The minimum absolute atomic E-state index is 0.0329. The first kappa shape index (κ1) is 28.1. The van der Waals surface area contributed by atoms with E-state index in [0.29, 0.717) is 53.5 Å². The number of terminal acetylenes is 1. The summed E-state index contributed by atoms with van der Waals surface area (Å²) in [6, 6.07) is 7.39. The number of hydrogen-bond acceptors (Lipinski definition) is 8. The maximum absolute atomic E-state index is 16.7. The van der Waals surface area contributed by atoms with Crippen LogP contribution >= 0.6 is 11.3 Å². The molecular weight excluding hydrogens is 580 g/mol. The average molecular weight is 616 g/mol. The predicted octanol–water partition coefficient (Wildman–Crippen LogP) is 5.59. The number of nitrogens with zero attached hydrogens (tertiary/aromatic N) is 4. The van der Waals surface area contributed by atoms with E-state index in [1.54, 1.807) is 11.4 Å². The molecular formula is C34H35F2N5O2S. The molecule has 10 heteroatoms. The topological polar surface area (TPSA) is 62.8 Å². The van der Waals surface area contributed by atoms with Crippen LogP contribution in [0.2, 0.25) is 0 Å². The zero-order valence-corrected chi connectivity index (χ0v) is 25.6. The van der Waals surface area contributed by atoms with Gasteiger partial charge in [0.15, 0.2) is 5.82 Å². The lowest BCUT2D eigenvalue weighted by Gasteiger charge is -2.40. The van der Waals surface area contributed by atoms with E-state index in [2.05, 4.69) is 32.9 Å². The van der Waals surface area contributed by atoms with Gasteiger partial charge in [-0.2, -0.15) is 9.97 Å². The Hall–Kier alpha value is -3.36. The molecule has 7 nitrogen and oxygen atoms in total. The van der Waals surface area contributed by atoms with Crippen LogP contribution in [0, 0.1) is 29.4 Å². The predicted molar refractivity (Wildman–Crippen MR) is 169 cm³/mol. The molecule has 1 saturated carbocycles. The monoisotopic (exact) mass is 615 g/mol. The van der Waals surface area contributed by atoms with Crippen molar-refractivity contribution in [2.75, 3.05) is 57.4 Å². The molecule has 2 aromatic heterocycles. The zero-order chi connectivity index (χ0) is 30.1. The maximum Gasteiger partial charge on any atom is 0.319 e. The highest BCUT2D eigenvalue weighted by molar-refractivity contribution is 7.17. The lowest BCUT2D eigenvalue weighted by Crippen LogP contribution is -2.58. The van der Waals surface area contributed by atoms with Crippen LogP contribution in [0.4, 0.5) is 14.6 Å². The molecule has 1 N–H and O–H groups in total. The van der Waals surface area contributed by atoms with Gasteiger partial charge in [0.25, 0.3) is 0 Å². The lowest BCUT2D eigenvalue weighted by atomic mass is 9.98. The van der Waals surface area contributed by atoms with Crippen LogP contribution < -0.4 is 15.0 Å². The number of morpholine rings is 1. The molecule has 2 bridgehead atoms. The van der Waals surface area contributed by atoms with Crippen molar-refractivity contribution in [3.05, 3.63) is 46.8 Å². The van der Waals surface area contributed by atoms with Crippen LogP contribution in [0.25, 0.3) is 32.1 Å². The highest BCUT2D eigenvalue weighted by Gasteiger charge is 2.46. The summed E-state index contributed by atoms with van der Waals surface area (Å²) in [7, 11) is 0. The van der Waals surface area contributed by atoms with Crippen molar-refractivity contribution in [2.45, 2.75) is 44.2 Å². The molecule has 0 radical (unpaired) electrons. The summed E-state index contributed by atoms with van der Waals surface area (Å²) in [5.74, 6) is 1.82. The summed E-state index contributed by atoms with van der Waals surface area (Å²) in [6.45, 7) is 8.30. The molecule has 44 heavy (non-hydrogen) atoms. The minimum atomic E-state index is -0.723. The molecule has 4 aromatic rings.